The maximum Gasteiger partial charge on any atom is 0.191 e. The van der Waals surface area contributed by atoms with E-state index in [0.717, 1.165) is 17.7 Å². The van der Waals surface area contributed by atoms with Crippen LogP contribution in [0.2, 0.25) is 5.02 Å². The molecule has 1 aromatic carbocycles. The maximum absolute atomic E-state index is 11.1. The summed E-state index contributed by atoms with van der Waals surface area (Å²) in [6, 6.07) is 5.55. The summed E-state index contributed by atoms with van der Waals surface area (Å²) in [6.45, 7) is 0.951. The second kappa shape index (κ2) is 10.9. The molecule has 0 saturated heterocycles. The first-order valence-corrected chi connectivity index (χ1v) is 9.24. The van der Waals surface area contributed by atoms with Crippen molar-refractivity contribution in [1.29, 1.82) is 0 Å². The van der Waals surface area contributed by atoms with Gasteiger partial charge in [-0.05, 0) is 24.1 Å². The highest BCUT2D eigenvalue weighted by molar-refractivity contribution is 14.0. The van der Waals surface area contributed by atoms with Crippen molar-refractivity contribution in [3.63, 3.8) is 0 Å². The number of aliphatic imine (C=N–C) groups is 1. The molecule has 0 aliphatic heterocycles. The molecule has 2 N–H and O–H groups in total. The highest BCUT2D eigenvalue weighted by atomic mass is 127. The van der Waals surface area contributed by atoms with E-state index >= 15 is 0 Å². The SMILES string of the molecule is CN=C(NCCc1ccc(OC)cc1Cl)NCCS(C)(=O)=O.I. The molecule has 0 heterocycles. The van der Waals surface area contributed by atoms with Gasteiger partial charge in [-0.15, -0.1) is 24.0 Å². The van der Waals surface area contributed by atoms with Gasteiger partial charge >= 0.3 is 0 Å². The first-order chi connectivity index (χ1) is 10.4. The molecular weight excluding hydrogens is 453 g/mol. The zero-order valence-corrected chi connectivity index (χ0v) is 17.3. The van der Waals surface area contributed by atoms with Gasteiger partial charge < -0.3 is 15.4 Å². The van der Waals surface area contributed by atoms with Gasteiger partial charge in [0.1, 0.15) is 15.6 Å². The van der Waals surface area contributed by atoms with Gasteiger partial charge in [0.15, 0.2) is 5.96 Å². The van der Waals surface area contributed by atoms with Crippen molar-refractivity contribution in [2.45, 2.75) is 6.42 Å². The Bertz CT molecular complexity index is 624. The maximum atomic E-state index is 11.1. The number of nitrogens with zero attached hydrogens (tertiary/aromatic N) is 1. The van der Waals surface area contributed by atoms with Gasteiger partial charge in [-0.25, -0.2) is 8.42 Å². The van der Waals surface area contributed by atoms with E-state index in [1.807, 2.05) is 12.1 Å². The molecule has 0 bridgehead atoms. The van der Waals surface area contributed by atoms with E-state index in [0.29, 0.717) is 24.1 Å². The summed E-state index contributed by atoms with van der Waals surface area (Å²) in [5, 5.41) is 6.72. The molecule has 1 aromatic rings. The van der Waals surface area contributed by atoms with Crippen LogP contribution in [0.4, 0.5) is 0 Å². The predicted octanol–water partition coefficient (Wildman–Crippen LogP) is 1.72. The minimum Gasteiger partial charge on any atom is -0.497 e. The molecule has 0 aromatic heterocycles. The van der Waals surface area contributed by atoms with Gasteiger partial charge in [0.25, 0.3) is 0 Å². The van der Waals surface area contributed by atoms with Gasteiger partial charge in [0.05, 0.1) is 12.9 Å². The van der Waals surface area contributed by atoms with E-state index in [4.69, 9.17) is 16.3 Å². The number of nitrogens with one attached hydrogen (secondary N) is 2. The van der Waals surface area contributed by atoms with Crippen molar-refractivity contribution in [3.05, 3.63) is 28.8 Å². The average molecular weight is 476 g/mol. The Balaban J connectivity index is 0.00000484. The van der Waals surface area contributed by atoms with Gasteiger partial charge in [-0.2, -0.15) is 0 Å². The molecule has 0 aliphatic carbocycles. The highest BCUT2D eigenvalue weighted by Crippen LogP contribution is 2.22. The lowest BCUT2D eigenvalue weighted by molar-refractivity contribution is 0.414. The summed E-state index contributed by atoms with van der Waals surface area (Å²) in [5.41, 5.74) is 1.00. The average Bonchev–Trinajstić information content (AvgIpc) is 2.45. The minimum absolute atomic E-state index is 0. The van der Waals surface area contributed by atoms with Crippen molar-refractivity contribution >= 4 is 51.4 Å². The smallest absolute Gasteiger partial charge is 0.191 e. The third-order valence-electron chi connectivity index (χ3n) is 2.94. The minimum atomic E-state index is -2.98. The van der Waals surface area contributed by atoms with E-state index in [1.165, 1.54) is 6.26 Å². The van der Waals surface area contributed by atoms with Crippen LogP contribution in [0.5, 0.6) is 5.75 Å². The number of benzene rings is 1. The van der Waals surface area contributed by atoms with E-state index in [9.17, 15) is 8.42 Å². The van der Waals surface area contributed by atoms with E-state index in [1.54, 1.807) is 20.2 Å². The molecule has 0 atom stereocenters. The number of rotatable bonds is 7. The lowest BCUT2D eigenvalue weighted by atomic mass is 10.1. The number of hydrogen-bond donors (Lipinski definition) is 2. The van der Waals surface area contributed by atoms with Crippen molar-refractivity contribution in [2.24, 2.45) is 4.99 Å². The highest BCUT2D eigenvalue weighted by Gasteiger charge is 2.05. The zero-order valence-electron chi connectivity index (χ0n) is 13.4. The molecule has 0 fully saturated rings. The van der Waals surface area contributed by atoms with Crippen molar-refractivity contribution < 1.29 is 13.2 Å². The summed E-state index contributed by atoms with van der Waals surface area (Å²) in [4.78, 5) is 4.04. The van der Waals surface area contributed by atoms with Crippen molar-refractivity contribution in [2.75, 3.05) is 39.3 Å². The summed E-state index contributed by atoms with van der Waals surface area (Å²) >= 11 is 6.17. The van der Waals surface area contributed by atoms with Crippen LogP contribution in [0.1, 0.15) is 5.56 Å². The Morgan fingerprint density at radius 3 is 2.48 bits per heavy atom. The molecule has 0 radical (unpaired) electrons. The van der Waals surface area contributed by atoms with Crippen LogP contribution in [0.25, 0.3) is 0 Å². The van der Waals surface area contributed by atoms with Crippen molar-refractivity contribution in [3.8, 4) is 5.75 Å². The van der Waals surface area contributed by atoms with E-state index in [2.05, 4.69) is 15.6 Å². The third-order valence-corrected chi connectivity index (χ3v) is 4.23. The van der Waals surface area contributed by atoms with Crippen LogP contribution in [-0.2, 0) is 16.3 Å². The lowest BCUT2D eigenvalue weighted by Gasteiger charge is -2.12. The number of hydrogen-bond acceptors (Lipinski definition) is 4. The molecule has 0 unspecified atom stereocenters. The fourth-order valence-electron chi connectivity index (χ4n) is 1.75. The standard InChI is InChI=1S/C14H22ClN3O3S.HI/c1-16-14(18-8-9-22(3,19)20)17-7-6-11-4-5-12(21-2)10-13(11)15;/h4-5,10H,6-9H2,1-3H3,(H2,16,17,18);1H. The molecule has 1 rings (SSSR count). The quantitative estimate of drug-likeness (QED) is 0.357. The number of sulfone groups is 1. The van der Waals surface area contributed by atoms with E-state index < -0.39 is 9.84 Å². The number of halogens is 2. The second-order valence-corrected chi connectivity index (χ2v) is 7.43. The van der Waals surface area contributed by atoms with Gasteiger partial charge in [-0.3, -0.25) is 4.99 Å². The molecule has 132 valence electrons. The monoisotopic (exact) mass is 475 g/mol. The Labute approximate surface area is 160 Å². The first kappa shape index (κ1) is 22.3. The van der Waals surface area contributed by atoms with Crippen LogP contribution >= 0.6 is 35.6 Å². The topological polar surface area (TPSA) is 79.8 Å². The summed E-state index contributed by atoms with van der Waals surface area (Å²) in [7, 11) is 0.253. The molecule has 0 spiro atoms. The number of methoxy groups -OCH3 is 1. The van der Waals surface area contributed by atoms with Crippen LogP contribution in [0.3, 0.4) is 0 Å². The Hall–Kier alpha value is -0.740. The second-order valence-electron chi connectivity index (χ2n) is 4.76. The predicted molar refractivity (Wildman–Crippen MR) is 106 cm³/mol. The van der Waals surface area contributed by atoms with Gasteiger partial charge in [0, 0.05) is 31.4 Å². The molecule has 23 heavy (non-hydrogen) atoms. The Morgan fingerprint density at radius 2 is 1.96 bits per heavy atom. The summed E-state index contributed by atoms with van der Waals surface area (Å²) in [5.74, 6) is 1.35. The molecule has 0 amide bonds. The Morgan fingerprint density at radius 1 is 1.30 bits per heavy atom. The molecule has 0 saturated carbocycles. The zero-order chi connectivity index (χ0) is 16.6. The molecule has 9 heteroatoms. The molecular formula is C14H23ClIN3O3S. The fourth-order valence-corrected chi connectivity index (χ4v) is 2.49. The first-order valence-electron chi connectivity index (χ1n) is 6.80. The summed E-state index contributed by atoms with van der Waals surface area (Å²) in [6.07, 6.45) is 1.92. The van der Waals surface area contributed by atoms with Gasteiger partial charge in [-0.1, -0.05) is 17.7 Å². The summed E-state index contributed by atoms with van der Waals surface area (Å²) < 4.78 is 27.2. The fraction of sp³-hybridized carbons (Fsp3) is 0.500. The molecule has 0 aliphatic rings. The van der Waals surface area contributed by atoms with Gasteiger partial charge in [0.2, 0.25) is 0 Å². The van der Waals surface area contributed by atoms with Crippen LogP contribution in [0.15, 0.2) is 23.2 Å². The van der Waals surface area contributed by atoms with Crippen LogP contribution in [0, 0.1) is 0 Å². The third kappa shape index (κ3) is 9.21. The van der Waals surface area contributed by atoms with Crippen molar-refractivity contribution in [1.82, 2.24) is 10.6 Å². The molecule has 6 nitrogen and oxygen atoms in total. The van der Waals surface area contributed by atoms with Crippen LogP contribution in [-0.4, -0.2) is 53.6 Å². The lowest BCUT2D eigenvalue weighted by Crippen LogP contribution is -2.40. The van der Waals surface area contributed by atoms with Crippen LogP contribution < -0.4 is 15.4 Å². The number of ether oxygens (including phenoxy) is 1. The number of guanidine groups is 1. The normalized spacial score (nSPS) is 11.6. The Kier molecular flexibility index (Phi) is 10.6. The van der Waals surface area contributed by atoms with E-state index in [-0.39, 0.29) is 29.7 Å². The largest absolute Gasteiger partial charge is 0.497 e.